The van der Waals surface area contributed by atoms with Crippen LogP contribution in [0, 0.1) is 0 Å². The van der Waals surface area contributed by atoms with Crippen molar-refractivity contribution in [3.8, 4) is 11.5 Å². The van der Waals surface area contributed by atoms with E-state index in [1.165, 1.54) is 11.1 Å². The maximum Gasteiger partial charge on any atom is 0.119 e. The maximum atomic E-state index is 5.65. The van der Waals surface area contributed by atoms with Gasteiger partial charge in [0.25, 0.3) is 0 Å². The quantitative estimate of drug-likeness (QED) is 0.703. The van der Waals surface area contributed by atoms with E-state index in [4.69, 9.17) is 18.9 Å². The lowest BCUT2D eigenvalue weighted by atomic mass is 10.0. The van der Waals surface area contributed by atoms with Gasteiger partial charge < -0.3 is 18.9 Å². The number of hydrogen-bond acceptors (Lipinski definition) is 4. The second kappa shape index (κ2) is 6.60. The van der Waals surface area contributed by atoms with Crippen LogP contribution < -0.4 is 9.47 Å². The summed E-state index contributed by atoms with van der Waals surface area (Å²) in [6.07, 6.45) is 1.49. The molecule has 0 aliphatic carbocycles. The van der Waals surface area contributed by atoms with E-state index >= 15 is 0 Å². The monoisotopic (exact) mass is 312 g/mol. The molecule has 120 valence electrons. The Bertz CT molecular complexity index is 570. The van der Waals surface area contributed by atoms with Crippen molar-refractivity contribution in [2.24, 2.45) is 0 Å². The molecular weight excluding hydrogens is 292 g/mol. The molecule has 4 heteroatoms. The molecule has 0 saturated carbocycles. The Kier molecular flexibility index (Phi) is 4.18. The van der Waals surface area contributed by atoms with Crippen molar-refractivity contribution in [3.63, 3.8) is 0 Å². The van der Waals surface area contributed by atoms with Gasteiger partial charge in [0.1, 0.15) is 36.9 Å². The van der Waals surface area contributed by atoms with Gasteiger partial charge in [-0.15, -0.1) is 0 Å². The van der Waals surface area contributed by atoms with E-state index in [2.05, 4.69) is 24.3 Å². The van der Waals surface area contributed by atoms with Crippen LogP contribution in [0.1, 0.15) is 11.1 Å². The molecule has 2 heterocycles. The second-order valence-electron chi connectivity index (χ2n) is 6.00. The van der Waals surface area contributed by atoms with Gasteiger partial charge in [-0.2, -0.15) is 0 Å². The first-order valence-electron chi connectivity index (χ1n) is 8.02. The van der Waals surface area contributed by atoms with Crippen LogP contribution in [0.4, 0.5) is 0 Å². The number of benzene rings is 2. The molecule has 2 aliphatic rings. The minimum Gasteiger partial charge on any atom is -0.491 e. The summed E-state index contributed by atoms with van der Waals surface area (Å²) in [5.74, 6) is 1.80. The van der Waals surface area contributed by atoms with Gasteiger partial charge in [0.2, 0.25) is 0 Å². The molecular formula is C19H20O4. The zero-order valence-electron chi connectivity index (χ0n) is 12.9. The van der Waals surface area contributed by atoms with E-state index in [0.29, 0.717) is 25.4 Å². The molecule has 4 rings (SSSR count). The number of hydrogen-bond donors (Lipinski definition) is 0. The Labute approximate surface area is 135 Å². The summed E-state index contributed by atoms with van der Waals surface area (Å²) in [6, 6.07) is 16.5. The predicted octanol–water partition coefficient (Wildman–Crippen LogP) is 2.83. The number of rotatable bonds is 8. The van der Waals surface area contributed by atoms with Crippen LogP contribution >= 0.6 is 0 Å². The van der Waals surface area contributed by atoms with Crippen LogP contribution in [-0.2, 0) is 15.9 Å². The molecule has 0 amide bonds. The Morgan fingerprint density at radius 3 is 1.43 bits per heavy atom. The van der Waals surface area contributed by atoms with Gasteiger partial charge in [-0.05, 0) is 41.8 Å². The highest BCUT2D eigenvalue weighted by Crippen LogP contribution is 2.20. The van der Waals surface area contributed by atoms with Crippen molar-refractivity contribution in [2.45, 2.75) is 18.6 Å². The van der Waals surface area contributed by atoms with Gasteiger partial charge in [-0.25, -0.2) is 0 Å². The zero-order valence-corrected chi connectivity index (χ0v) is 12.9. The van der Waals surface area contributed by atoms with E-state index in [1.54, 1.807) is 0 Å². The molecule has 2 unspecified atom stereocenters. The van der Waals surface area contributed by atoms with Crippen LogP contribution in [0.15, 0.2) is 48.5 Å². The first-order valence-corrected chi connectivity index (χ1v) is 8.02. The SMILES string of the molecule is c1cc(OCC2CO2)ccc1Cc1ccc(OCC2CO2)cc1. The predicted molar refractivity (Wildman–Crippen MR) is 86.2 cm³/mol. The van der Waals surface area contributed by atoms with Gasteiger partial charge in [0.05, 0.1) is 13.2 Å². The number of ether oxygens (including phenoxy) is 4. The van der Waals surface area contributed by atoms with Crippen LogP contribution in [0.25, 0.3) is 0 Å². The molecule has 2 aromatic rings. The Hall–Kier alpha value is -2.04. The fraction of sp³-hybridized carbons (Fsp3) is 0.368. The summed E-state index contributed by atoms with van der Waals surface area (Å²) < 4.78 is 21.6. The van der Waals surface area contributed by atoms with Crippen molar-refractivity contribution in [1.29, 1.82) is 0 Å². The topological polar surface area (TPSA) is 43.5 Å². The minimum absolute atomic E-state index is 0.293. The average Bonchev–Trinajstić information content (AvgIpc) is 3.48. The third-order valence-electron chi connectivity index (χ3n) is 3.93. The molecule has 23 heavy (non-hydrogen) atoms. The van der Waals surface area contributed by atoms with Crippen molar-refractivity contribution in [3.05, 3.63) is 59.7 Å². The van der Waals surface area contributed by atoms with Gasteiger partial charge in [-0.3, -0.25) is 0 Å². The molecule has 2 aromatic carbocycles. The van der Waals surface area contributed by atoms with Gasteiger partial charge in [0.15, 0.2) is 0 Å². The molecule has 2 saturated heterocycles. The summed E-state index contributed by atoms with van der Waals surface area (Å²) in [5.41, 5.74) is 2.53. The molecule has 0 radical (unpaired) electrons. The lowest BCUT2D eigenvalue weighted by molar-refractivity contribution is 0.263. The van der Waals surface area contributed by atoms with Gasteiger partial charge in [0, 0.05) is 0 Å². The van der Waals surface area contributed by atoms with E-state index < -0.39 is 0 Å². The zero-order chi connectivity index (χ0) is 15.5. The van der Waals surface area contributed by atoms with Crippen LogP contribution in [0.5, 0.6) is 11.5 Å². The molecule has 0 N–H and O–H groups in total. The molecule has 0 spiro atoms. The first kappa shape index (κ1) is 14.5. The normalized spacial score (nSPS) is 21.7. The molecule has 2 atom stereocenters. The van der Waals surface area contributed by atoms with Crippen molar-refractivity contribution >= 4 is 0 Å². The second-order valence-corrected chi connectivity index (χ2v) is 6.00. The Morgan fingerprint density at radius 2 is 1.09 bits per heavy atom. The summed E-state index contributed by atoms with van der Waals surface area (Å²) in [4.78, 5) is 0. The summed E-state index contributed by atoms with van der Waals surface area (Å²) in [7, 11) is 0. The highest BCUT2D eigenvalue weighted by Gasteiger charge is 2.23. The molecule has 2 fully saturated rings. The fourth-order valence-electron chi connectivity index (χ4n) is 2.35. The fourth-order valence-corrected chi connectivity index (χ4v) is 2.35. The number of epoxide rings is 2. The minimum atomic E-state index is 0.293. The maximum absolute atomic E-state index is 5.65. The molecule has 0 bridgehead atoms. The van der Waals surface area contributed by atoms with Crippen molar-refractivity contribution in [2.75, 3.05) is 26.4 Å². The third-order valence-corrected chi connectivity index (χ3v) is 3.93. The highest BCUT2D eigenvalue weighted by molar-refractivity contribution is 5.34. The molecule has 2 aliphatic heterocycles. The largest absolute Gasteiger partial charge is 0.491 e. The smallest absolute Gasteiger partial charge is 0.119 e. The van der Waals surface area contributed by atoms with Crippen LogP contribution in [0.2, 0.25) is 0 Å². The van der Waals surface area contributed by atoms with Crippen LogP contribution in [-0.4, -0.2) is 38.6 Å². The van der Waals surface area contributed by atoms with Crippen molar-refractivity contribution in [1.82, 2.24) is 0 Å². The Balaban J connectivity index is 1.29. The average molecular weight is 312 g/mol. The first-order chi connectivity index (χ1) is 11.3. The molecule has 4 nitrogen and oxygen atoms in total. The Morgan fingerprint density at radius 1 is 0.696 bits per heavy atom. The molecule has 0 aromatic heterocycles. The van der Waals surface area contributed by atoms with E-state index in [9.17, 15) is 0 Å². The van der Waals surface area contributed by atoms with Crippen molar-refractivity contribution < 1.29 is 18.9 Å². The highest BCUT2D eigenvalue weighted by atomic mass is 16.6. The van der Waals surface area contributed by atoms with E-state index in [1.807, 2.05) is 24.3 Å². The summed E-state index contributed by atoms with van der Waals surface area (Å²) >= 11 is 0. The van der Waals surface area contributed by atoms with Crippen LogP contribution in [0.3, 0.4) is 0 Å². The third kappa shape index (κ3) is 4.47. The van der Waals surface area contributed by atoms with Gasteiger partial charge in [-0.1, -0.05) is 24.3 Å². The van der Waals surface area contributed by atoms with Gasteiger partial charge >= 0.3 is 0 Å². The lowest BCUT2D eigenvalue weighted by Gasteiger charge is -2.07. The standard InChI is InChI=1S/C19H20O4/c1-5-16(20-10-18-12-22-18)6-2-14(1)9-15-3-7-17(8-4-15)21-11-19-13-23-19/h1-8,18-19H,9-13H2. The lowest BCUT2D eigenvalue weighted by Crippen LogP contribution is -2.04. The van der Waals surface area contributed by atoms with E-state index in [0.717, 1.165) is 31.1 Å². The van der Waals surface area contributed by atoms with E-state index in [-0.39, 0.29) is 0 Å². The summed E-state index contributed by atoms with van der Waals surface area (Å²) in [5, 5.41) is 0. The summed E-state index contributed by atoms with van der Waals surface area (Å²) in [6.45, 7) is 2.94.